The van der Waals surface area contributed by atoms with Crippen LogP contribution in [0.25, 0.3) is 11.4 Å². The van der Waals surface area contributed by atoms with Gasteiger partial charge >= 0.3 is 0 Å². The molecular formula is C27H36N6O3S. The van der Waals surface area contributed by atoms with Crippen LogP contribution in [0.4, 0.5) is 10.0 Å². The largest absolute Gasteiger partial charge is 0.497 e. The number of hydrogen-bond donors (Lipinski definition) is 0. The van der Waals surface area contributed by atoms with Crippen molar-refractivity contribution in [3.8, 4) is 28.6 Å². The second-order valence-electron chi connectivity index (χ2n) is 9.77. The van der Waals surface area contributed by atoms with Gasteiger partial charge in [-0.2, -0.15) is 9.78 Å². The van der Waals surface area contributed by atoms with Crippen molar-refractivity contribution >= 4 is 32.8 Å². The standard InChI is InChI=1S/C27H36N6O3S/c1-9-11-14-32(10-2)21-13-12-20(37-21)28-22-24(27(3,4)5)31-33-25(29-30-26(22)33)18-15-17(34-6)16-19(35-7)23(18)36-8/h12-13,15-16H,9-11,14H2,1-8H3/b28-22-. The molecule has 0 unspecified atom stereocenters. The molecule has 3 heterocycles. The fraction of sp³-hybridized carbons (Fsp3) is 0.481. The SMILES string of the molecule is CCCCN(CC)c1ccc(/N=C2/C(C(C)(C)C)=Nn3c2nnc3-c2cc(OC)cc(OC)c2OC)s1. The Morgan fingerprint density at radius 2 is 1.76 bits per heavy atom. The van der Waals surface area contributed by atoms with E-state index in [0.717, 1.165) is 29.5 Å². The van der Waals surface area contributed by atoms with Gasteiger partial charge in [0.1, 0.15) is 16.5 Å². The Hall–Kier alpha value is -3.40. The van der Waals surface area contributed by atoms with Crippen LogP contribution in [0.1, 0.15) is 53.3 Å². The van der Waals surface area contributed by atoms with Gasteiger partial charge in [0.2, 0.25) is 5.82 Å². The molecule has 0 bridgehead atoms. The van der Waals surface area contributed by atoms with Gasteiger partial charge in [-0.15, -0.1) is 10.2 Å². The number of rotatable bonds is 10. The van der Waals surface area contributed by atoms with E-state index in [1.54, 1.807) is 43.4 Å². The van der Waals surface area contributed by atoms with Gasteiger partial charge in [-0.1, -0.05) is 45.5 Å². The van der Waals surface area contributed by atoms with Gasteiger partial charge in [-0.3, -0.25) is 0 Å². The molecule has 0 saturated carbocycles. The third-order valence-electron chi connectivity index (χ3n) is 6.19. The molecule has 0 amide bonds. The molecular weight excluding hydrogens is 488 g/mol. The molecule has 0 atom stereocenters. The van der Waals surface area contributed by atoms with Crippen LogP contribution in [0.5, 0.6) is 17.2 Å². The average molecular weight is 525 g/mol. The number of nitrogens with zero attached hydrogens (tertiary/aromatic N) is 6. The normalized spacial score (nSPS) is 14.1. The van der Waals surface area contributed by atoms with Gasteiger partial charge in [-0.05, 0) is 31.5 Å². The third kappa shape index (κ3) is 5.20. The van der Waals surface area contributed by atoms with E-state index in [0.29, 0.717) is 34.5 Å². The van der Waals surface area contributed by atoms with Gasteiger partial charge in [0.15, 0.2) is 17.3 Å². The Morgan fingerprint density at radius 1 is 1.00 bits per heavy atom. The molecule has 0 fully saturated rings. The first-order valence-corrected chi connectivity index (χ1v) is 13.4. The molecule has 1 aliphatic heterocycles. The van der Waals surface area contributed by atoms with Crippen molar-refractivity contribution in [2.75, 3.05) is 39.3 Å². The van der Waals surface area contributed by atoms with Crippen molar-refractivity contribution < 1.29 is 14.2 Å². The Bertz CT molecular complexity index is 1320. The molecule has 37 heavy (non-hydrogen) atoms. The topological polar surface area (TPSA) is 86.4 Å². The number of benzene rings is 1. The first-order chi connectivity index (χ1) is 17.7. The molecule has 1 aliphatic rings. The lowest BCUT2D eigenvalue weighted by Gasteiger charge is -2.20. The van der Waals surface area contributed by atoms with Gasteiger partial charge in [0, 0.05) is 24.6 Å². The molecule has 3 aromatic rings. The highest BCUT2D eigenvalue weighted by atomic mass is 32.1. The lowest BCUT2D eigenvalue weighted by Crippen LogP contribution is -2.27. The third-order valence-corrected chi connectivity index (χ3v) is 7.23. The second kappa shape index (κ2) is 10.9. The zero-order valence-electron chi connectivity index (χ0n) is 23.0. The molecule has 0 N–H and O–H groups in total. The van der Waals surface area contributed by atoms with Crippen LogP contribution in [0.3, 0.4) is 0 Å². The zero-order valence-corrected chi connectivity index (χ0v) is 23.8. The first kappa shape index (κ1) is 26.7. The van der Waals surface area contributed by atoms with Crippen LogP contribution in [-0.4, -0.2) is 60.7 Å². The van der Waals surface area contributed by atoms with E-state index in [9.17, 15) is 0 Å². The van der Waals surface area contributed by atoms with Crippen LogP contribution in [0.15, 0.2) is 34.4 Å². The summed E-state index contributed by atoms with van der Waals surface area (Å²) in [5, 5.41) is 16.1. The summed E-state index contributed by atoms with van der Waals surface area (Å²) >= 11 is 1.68. The van der Waals surface area contributed by atoms with Crippen molar-refractivity contribution in [3.63, 3.8) is 0 Å². The Labute approximate surface area is 222 Å². The first-order valence-electron chi connectivity index (χ1n) is 12.5. The van der Waals surface area contributed by atoms with Crippen molar-refractivity contribution in [2.24, 2.45) is 15.5 Å². The molecule has 4 rings (SSSR count). The van der Waals surface area contributed by atoms with E-state index in [1.807, 2.05) is 6.07 Å². The molecule has 0 spiro atoms. The van der Waals surface area contributed by atoms with Crippen LogP contribution in [0.2, 0.25) is 0 Å². The number of methoxy groups -OCH3 is 3. The van der Waals surface area contributed by atoms with E-state index in [2.05, 4.69) is 61.8 Å². The molecule has 198 valence electrons. The minimum Gasteiger partial charge on any atom is -0.497 e. The number of aliphatic imine (C=N–C) groups is 1. The number of aromatic nitrogens is 3. The van der Waals surface area contributed by atoms with Gasteiger partial charge in [0.05, 0.1) is 37.6 Å². The Kier molecular flexibility index (Phi) is 7.87. The average Bonchev–Trinajstić information content (AvgIpc) is 3.60. The van der Waals surface area contributed by atoms with E-state index >= 15 is 0 Å². The molecule has 0 saturated heterocycles. The second-order valence-corrected chi connectivity index (χ2v) is 10.8. The van der Waals surface area contributed by atoms with E-state index in [4.69, 9.17) is 24.3 Å². The Morgan fingerprint density at radius 3 is 2.38 bits per heavy atom. The number of anilines is 1. The quantitative estimate of drug-likeness (QED) is 0.321. The van der Waals surface area contributed by atoms with Crippen molar-refractivity contribution in [3.05, 3.63) is 30.1 Å². The van der Waals surface area contributed by atoms with Crippen LogP contribution in [0, 0.1) is 5.41 Å². The number of unbranched alkanes of at least 4 members (excludes halogenated alkanes) is 1. The maximum atomic E-state index is 5.69. The highest BCUT2D eigenvalue weighted by Crippen LogP contribution is 2.42. The summed E-state index contributed by atoms with van der Waals surface area (Å²) in [6, 6.07) is 7.84. The summed E-state index contributed by atoms with van der Waals surface area (Å²) < 4.78 is 18.5. The molecule has 0 aliphatic carbocycles. The minimum absolute atomic E-state index is 0.260. The van der Waals surface area contributed by atoms with E-state index in [-0.39, 0.29) is 5.41 Å². The molecule has 10 heteroatoms. The maximum Gasteiger partial charge on any atom is 0.205 e. The lowest BCUT2D eigenvalue weighted by molar-refractivity contribution is 0.350. The summed E-state index contributed by atoms with van der Waals surface area (Å²) in [5.74, 6) is 2.81. The Balaban J connectivity index is 1.81. The number of fused-ring (bicyclic) bond motifs is 1. The number of ether oxygens (including phenoxy) is 3. The van der Waals surface area contributed by atoms with E-state index in [1.165, 1.54) is 17.8 Å². The molecule has 2 aromatic heterocycles. The van der Waals surface area contributed by atoms with E-state index < -0.39 is 0 Å². The summed E-state index contributed by atoms with van der Waals surface area (Å²) in [4.78, 5) is 7.45. The summed E-state index contributed by atoms with van der Waals surface area (Å²) in [6.45, 7) is 12.8. The lowest BCUT2D eigenvalue weighted by atomic mass is 9.87. The molecule has 1 aromatic carbocycles. The minimum atomic E-state index is -0.260. The van der Waals surface area contributed by atoms with Crippen molar-refractivity contribution in [1.29, 1.82) is 0 Å². The fourth-order valence-electron chi connectivity index (χ4n) is 4.21. The summed E-state index contributed by atoms with van der Waals surface area (Å²) in [7, 11) is 4.80. The fourth-order valence-corrected chi connectivity index (χ4v) is 5.18. The predicted molar refractivity (Wildman–Crippen MR) is 151 cm³/mol. The highest BCUT2D eigenvalue weighted by Gasteiger charge is 2.36. The summed E-state index contributed by atoms with van der Waals surface area (Å²) in [6.07, 6.45) is 2.34. The molecule has 9 nitrogen and oxygen atoms in total. The zero-order chi connectivity index (χ0) is 26.7. The highest BCUT2D eigenvalue weighted by molar-refractivity contribution is 7.19. The van der Waals surface area contributed by atoms with Gasteiger partial charge < -0.3 is 19.1 Å². The van der Waals surface area contributed by atoms with Crippen molar-refractivity contribution in [1.82, 2.24) is 14.9 Å². The monoisotopic (exact) mass is 524 g/mol. The van der Waals surface area contributed by atoms with Crippen LogP contribution >= 0.6 is 11.3 Å². The summed E-state index contributed by atoms with van der Waals surface area (Å²) in [5.41, 5.74) is 1.98. The van der Waals surface area contributed by atoms with Crippen molar-refractivity contribution in [2.45, 2.75) is 47.5 Å². The van der Waals surface area contributed by atoms with Crippen LogP contribution in [-0.2, 0) is 0 Å². The maximum absolute atomic E-state index is 5.69. The number of hydrogen-bond acceptors (Lipinski definition) is 9. The van der Waals surface area contributed by atoms with Gasteiger partial charge in [-0.25, -0.2) is 4.99 Å². The predicted octanol–water partition coefficient (Wildman–Crippen LogP) is 6.04. The molecule has 0 radical (unpaired) electrons. The van der Waals surface area contributed by atoms with Crippen LogP contribution < -0.4 is 19.1 Å². The smallest absolute Gasteiger partial charge is 0.205 e. The van der Waals surface area contributed by atoms with Gasteiger partial charge in [0.25, 0.3) is 0 Å². The number of thiophene rings is 1.